The Labute approximate surface area is 136 Å². The summed E-state index contributed by atoms with van der Waals surface area (Å²) in [5.74, 6) is -2.30. The minimum atomic E-state index is -0.923. The quantitative estimate of drug-likeness (QED) is 0.767. The molecular formula is C13H12Cl2N4O3. The molecule has 2 unspecified atom stereocenters. The lowest BCUT2D eigenvalue weighted by atomic mass is 9.94. The fourth-order valence-electron chi connectivity index (χ4n) is 2.71. The number of Topliss-reactive ketones (excluding diaryl/α,β-unsaturated/α-hetero) is 1. The zero-order valence-corrected chi connectivity index (χ0v) is 13.1. The Morgan fingerprint density at radius 2 is 2.05 bits per heavy atom. The highest BCUT2D eigenvalue weighted by atomic mass is 35.5. The molecule has 0 saturated carbocycles. The first-order valence-electron chi connectivity index (χ1n) is 6.80. The largest absolute Gasteiger partial charge is 0.296 e. The maximum absolute atomic E-state index is 12.6. The number of hydrogen-bond donors (Lipinski definition) is 1. The molecule has 0 aliphatic carbocycles. The number of amides is 2. The highest BCUT2D eigenvalue weighted by molar-refractivity contribution is 6.66. The van der Waals surface area contributed by atoms with E-state index in [2.05, 4.69) is 15.5 Å². The van der Waals surface area contributed by atoms with Crippen molar-refractivity contribution < 1.29 is 14.4 Å². The molecule has 2 amide bonds. The Kier molecular flexibility index (Phi) is 3.78. The van der Waals surface area contributed by atoms with Gasteiger partial charge in [-0.3, -0.25) is 24.7 Å². The number of hydrogen-bond acceptors (Lipinski definition) is 6. The number of aliphatic imine (C=N–C) groups is 1. The minimum absolute atomic E-state index is 0.00526. The van der Waals surface area contributed by atoms with Crippen LogP contribution in [-0.2, 0) is 14.4 Å². The number of imide groups is 1. The molecule has 1 fully saturated rings. The molecule has 1 saturated heterocycles. The molecule has 0 spiro atoms. The number of likely N-dealkylation sites (N-methyl/N-ethyl adjacent to an activating group) is 1. The first-order valence-corrected chi connectivity index (χ1v) is 7.56. The number of hydrazone groups is 1. The normalized spacial score (nSPS) is 27.7. The Hall–Kier alpha value is -1.73. The molecule has 7 nitrogen and oxygen atoms in total. The van der Waals surface area contributed by atoms with Crippen LogP contribution in [0, 0.1) is 5.92 Å². The number of ketones is 1. The van der Waals surface area contributed by atoms with Crippen LogP contribution >= 0.6 is 23.2 Å². The van der Waals surface area contributed by atoms with Crippen LogP contribution in [0.4, 0.5) is 0 Å². The van der Waals surface area contributed by atoms with Crippen LogP contribution < -0.4 is 5.43 Å². The Morgan fingerprint density at radius 3 is 2.73 bits per heavy atom. The van der Waals surface area contributed by atoms with E-state index in [0.717, 1.165) is 4.90 Å². The van der Waals surface area contributed by atoms with Crippen LogP contribution in [0.1, 0.15) is 19.8 Å². The van der Waals surface area contributed by atoms with Crippen LogP contribution in [-0.4, -0.2) is 46.0 Å². The molecular weight excluding hydrogens is 331 g/mol. The molecule has 3 aliphatic rings. The maximum atomic E-state index is 12.6. The lowest BCUT2D eigenvalue weighted by Gasteiger charge is -2.14. The number of allylic oxidation sites excluding steroid dienone is 2. The first kappa shape index (κ1) is 15.2. The average molecular weight is 343 g/mol. The Bertz CT molecular complexity index is 683. The van der Waals surface area contributed by atoms with Crippen molar-refractivity contribution in [3.8, 4) is 0 Å². The fourth-order valence-corrected chi connectivity index (χ4v) is 3.11. The smallest absolute Gasteiger partial charge is 0.254 e. The molecule has 3 heterocycles. The van der Waals surface area contributed by atoms with Crippen molar-refractivity contribution in [1.29, 1.82) is 0 Å². The summed E-state index contributed by atoms with van der Waals surface area (Å²) in [5.41, 5.74) is 2.52. The molecule has 116 valence electrons. The van der Waals surface area contributed by atoms with E-state index < -0.39 is 23.7 Å². The third-order valence-corrected chi connectivity index (χ3v) is 4.46. The second-order valence-corrected chi connectivity index (χ2v) is 5.97. The number of nitrogens with one attached hydrogen (secondary N) is 1. The number of carbonyl (C=O) groups is 3. The molecule has 0 bridgehead atoms. The number of nitrogens with zero attached hydrogens (tertiary/aromatic N) is 3. The van der Waals surface area contributed by atoms with E-state index in [1.54, 1.807) is 6.92 Å². The predicted octanol–water partition coefficient (Wildman–Crippen LogP) is 0.770. The van der Waals surface area contributed by atoms with Gasteiger partial charge in [-0.2, -0.15) is 5.10 Å². The number of carbonyl (C=O) groups excluding carboxylic acids is 3. The summed E-state index contributed by atoms with van der Waals surface area (Å²) in [5, 5.41) is 4.43. The van der Waals surface area contributed by atoms with Gasteiger partial charge in [-0.1, -0.05) is 23.2 Å². The van der Waals surface area contributed by atoms with Crippen LogP contribution in [0.3, 0.4) is 0 Å². The topological polar surface area (TPSA) is 91.2 Å². The average Bonchev–Trinajstić information content (AvgIpc) is 3.02. The number of likely N-dealkylation sites (tertiary alicyclic amines) is 1. The van der Waals surface area contributed by atoms with Crippen molar-refractivity contribution in [3.05, 3.63) is 10.7 Å². The van der Waals surface area contributed by atoms with Crippen molar-refractivity contribution in [1.82, 2.24) is 10.3 Å². The number of rotatable bonds is 3. The molecule has 2 atom stereocenters. The van der Waals surface area contributed by atoms with E-state index in [0.29, 0.717) is 12.8 Å². The molecule has 3 aliphatic heterocycles. The molecule has 3 rings (SSSR count). The lowest BCUT2D eigenvalue weighted by molar-refractivity contribution is -0.139. The van der Waals surface area contributed by atoms with Crippen molar-refractivity contribution in [3.63, 3.8) is 0 Å². The van der Waals surface area contributed by atoms with Gasteiger partial charge in [-0.05, 0) is 13.3 Å². The van der Waals surface area contributed by atoms with E-state index >= 15 is 0 Å². The second-order valence-electron chi connectivity index (χ2n) is 5.07. The summed E-state index contributed by atoms with van der Waals surface area (Å²) >= 11 is 11.9. The molecule has 0 aromatic heterocycles. The standard InChI is InChI=1S/C13H12Cl2N4O3/c1-2-19-12(21)7-9(17-18-10(7)13(19)22)11(20)8-5(14)3-4-6(15)16-8/h7,10,18H,2-4H2,1H3. The van der Waals surface area contributed by atoms with Crippen molar-refractivity contribution in [2.24, 2.45) is 16.0 Å². The van der Waals surface area contributed by atoms with E-state index in [9.17, 15) is 14.4 Å². The van der Waals surface area contributed by atoms with Gasteiger partial charge in [0.2, 0.25) is 11.7 Å². The first-order chi connectivity index (χ1) is 10.5. The summed E-state index contributed by atoms with van der Waals surface area (Å²) < 4.78 is 0. The van der Waals surface area contributed by atoms with Gasteiger partial charge in [0, 0.05) is 18.0 Å². The molecule has 0 aromatic carbocycles. The SMILES string of the molecule is CCN1C(=O)C2NN=C(C(=O)C3=C(Cl)CCC(Cl)=N3)C2C1=O. The summed E-state index contributed by atoms with van der Waals surface area (Å²) in [7, 11) is 0. The van der Waals surface area contributed by atoms with Gasteiger partial charge in [0.05, 0.1) is 0 Å². The van der Waals surface area contributed by atoms with Crippen LogP contribution in [0.25, 0.3) is 0 Å². The van der Waals surface area contributed by atoms with Crippen LogP contribution in [0.5, 0.6) is 0 Å². The predicted molar refractivity (Wildman–Crippen MR) is 80.7 cm³/mol. The van der Waals surface area contributed by atoms with Crippen LogP contribution in [0.2, 0.25) is 0 Å². The minimum Gasteiger partial charge on any atom is -0.296 e. The summed E-state index contributed by atoms with van der Waals surface area (Å²) in [6, 6.07) is -0.825. The zero-order valence-electron chi connectivity index (χ0n) is 11.6. The summed E-state index contributed by atoms with van der Waals surface area (Å²) in [6.45, 7) is 1.95. The van der Waals surface area contributed by atoms with Crippen molar-refractivity contribution in [2.75, 3.05) is 6.54 Å². The maximum Gasteiger partial charge on any atom is 0.254 e. The molecule has 9 heteroatoms. The second kappa shape index (κ2) is 5.48. The molecule has 1 N–H and O–H groups in total. The zero-order chi connectivity index (χ0) is 16.0. The Balaban J connectivity index is 1.93. The fraction of sp³-hybridized carbons (Fsp3) is 0.462. The van der Waals surface area contributed by atoms with Gasteiger partial charge in [-0.15, -0.1) is 0 Å². The van der Waals surface area contributed by atoms with Gasteiger partial charge >= 0.3 is 0 Å². The van der Waals surface area contributed by atoms with Gasteiger partial charge in [-0.25, -0.2) is 4.99 Å². The van der Waals surface area contributed by atoms with Crippen molar-refractivity contribution in [2.45, 2.75) is 25.8 Å². The van der Waals surface area contributed by atoms with E-state index in [-0.39, 0.29) is 34.1 Å². The van der Waals surface area contributed by atoms with Gasteiger partial charge in [0.1, 0.15) is 28.5 Å². The molecule has 22 heavy (non-hydrogen) atoms. The van der Waals surface area contributed by atoms with Gasteiger partial charge in [0.15, 0.2) is 0 Å². The van der Waals surface area contributed by atoms with E-state index in [4.69, 9.17) is 23.2 Å². The van der Waals surface area contributed by atoms with Gasteiger partial charge < -0.3 is 0 Å². The molecule has 0 aromatic rings. The number of fused-ring (bicyclic) bond motifs is 1. The highest BCUT2D eigenvalue weighted by Crippen LogP contribution is 2.30. The summed E-state index contributed by atoms with van der Waals surface area (Å²) in [4.78, 5) is 42.0. The highest BCUT2D eigenvalue weighted by Gasteiger charge is 2.54. The lowest BCUT2D eigenvalue weighted by Crippen LogP contribution is -2.36. The van der Waals surface area contributed by atoms with Crippen LogP contribution in [0.15, 0.2) is 20.8 Å². The van der Waals surface area contributed by atoms with E-state index in [1.165, 1.54) is 0 Å². The monoisotopic (exact) mass is 342 g/mol. The summed E-state index contributed by atoms with van der Waals surface area (Å²) in [6.07, 6.45) is 0.878. The van der Waals surface area contributed by atoms with E-state index in [1.807, 2.05) is 0 Å². The third-order valence-electron chi connectivity index (χ3n) is 3.82. The number of halogens is 2. The van der Waals surface area contributed by atoms with Gasteiger partial charge in [0.25, 0.3) is 5.91 Å². The Morgan fingerprint density at radius 1 is 1.32 bits per heavy atom. The third kappa shape index (κ3) is 2.16. The molecule has 0 radical (unpaired) electrons. The van der Waals surface area contributed by atoms with Crippen molar-refractivity contribution >= 4 is 51.7 Å².